The largest absolute Gasteiger partial charge is 0.383 e. The van der Waals surface area contributed by atoms with Crippen LogP contribution in [0.3, 0.4) is 0 Å². The molecule has 1 unspecified atom stereocenters. The summed E-state index contributed by atoms with van der Waals surface area (Å²) < 4.78 is 15.2. The molecule has 30 heavy (non-hydrogen) atoms. The lowest BCUT2D eigenvalue weighted by atomic mass is 10.0. The van der Waals surface area contributed by atoms with Gasteiger partial charge in [-0.3, -0.25) is 9.48 Å². The number of halogens is 2. The number of nitrogens with one attached hydrogen (secondary N) is 3. The maximum atomic E-state index is 13.6. The van der Waals surface area contributed by atoms with E-state index in [2.05, 4.69) is 26.0 Å². The Morgan fingerprint density at radius 1 is 1.30 bits per heavy atom. The van der Waals surface area contributed by atoms with Crippen molar-refractivity contribution in [2.24, 2.45) is 12.0 Å². The fraction of sp³-hybridized carbons (Fsp3) is 0.450. The van der Waals surface area contributed by atoms with E-state index in [9.17, 15) is 14.3 Å². The summed E-state index contributed by atoms with van der Waals surface area (Å²) in [6, 6.07) is 4.39. The Morgan fingerprint density at radius 3 is 2.60 bits per heavy atom. The summed E-state index contributed by atoms with van der Waals surface area (Å²) in [7, 11) is 1.79. The molecule has 0 aliphatic carbocycles. The lowest BCUT2D eigenvalue weighted by Crippen LogP contribution is -2.42. The fourth-order valence-corrected chi connectivity index (χ4v) is 2.56. The van der Waals surface area contributed by atoms with Gasteiger partial charge in [0.1, 0.15) is 11.4 Å². The van der Waals surface area contributed by atoms with E-state index in [1.54, 1.807) is 50.1 Å². The normalized spacial score (nSPS) is 13.2. The average molecular weight is 532 g/mol. The van der Waals surface area contributed by atoms with Crippen molar-refractivity contribution in [3.63, 3.8) is 0 Å². The Bertz CT molecular complexity index is 869. The van der Waals surface area contributed by atoms with Crippen molar-refractivity contribution in [2.45, 2.75) is 26.4 Å². The van der Waals surface area contributed by atoms with Crippen LogP contribution in [0.25, 0.3) is 0 Å². The predicted octanol–water partition coefficient (Wildman–Crippen LogP) is 1.68. The number of benzene rings is 1. The van der Waals surface area contributed by atoms with Crippen LogP contribution >= 0.6 is 24.0 Å². The van der Waals surface area contributed by atoms with Gasteiger partial charge in [0.25, 0.3) is 5.91 Å². The van der Waals surface area contributed by atoms with Crippen molar-refractivity contribution in [2.75, 3.05) is 26.2 Å². The fourth-order valence-electron chi connectivity index (χ4n) is 2.56. The molecule has 2 aromatic rings. The molecule has 1 aromatic heterocycles. The van der Waals surface area contributed by atoms with Gasteiger partial charge in [-0.25, -0.2) is 9.38 Å². The number of aliphatic imine (C=N–C) groups is 1. The summed E-state index contributed by atoms with van der Waals surface area (Å²) in [6.45, 7) is 6.80. The third-order valence-corrected chi connectivity index (χ3v) is 4.35. The molecule has 0 aliphatic heterocycles. The SMILES string of the molecule is CCNC(=NCC(C)(O)c1cnn(C)c1)NCCNC(=O)c1ccc(C)c(F)c1.I. The Hall–Kier alpha value is -2.21. The lowest BCUT2D eigenvalue weighted by molar-refractivity contribution is 0.0672. The highest BCUT2D eigenvalue weighted by molar-refractivity contribution is 14.0. The molecule has 0 spiro atoms. The van der Waals surface area contributed by atoms with E-state index in [0.29, 0.717) is 36.7 Å². The molecule has 0 bridgehead atoms. The first-order chi connectivity index (χ1) is 13.7. The van der Waals surface area contributed by atoms with E-state index in [4.69, 9.17) is 0 Å². The first-order valence-corrected chi connectivity index (χ1v) is 9.51. The van der Waals surface area contributed by atoms with Crippen molar-refractivity contribution in [3.05, 3.63) is 53.1 Å². The maximum Gasteiger partial charge on any atom is 0.251 e. The monoisotopic (exact) mass is 532 g/mol. The van der Waals surface area contributed by atoms with Crippen molar-refractivity contribution in [3.8, 4) is 0 Å². The molecule has 1 aromatic carbocycles. The summed E-state index contributed by atoms with van der Waals surface area (Å²) in [5.74, 6) is -0.225. The zero-order chi connectivity index (χ0) is 21.4. The third-order valence-electron chi connectivity index (χ3n) is 4.35. The second-order valence-corrected chi connectivity index (χ2v) is 7.02. The van der Waals surface area contributed by atoms with Gasteiger partial charge in [0.15, 0.2) is 5.96 Å². The third kappa shape index (κ3) is 7.56. The Balaban J connectivity index is 0.00000450. The highest BCUT2D eigenvalue weighted by atomic mass is 127. The van der Waals surface area contributed by atoms with Crippen molar-refractivity contribution in [1.82, 2.24) is 25.7 Å². The van der Waals surface area contributed by atoms with Gasteiger partial charge in [0.05, 0.1) is 12.7 Å². The van der Waals surface area contributed by atoms with Crippen LogP contribution < -0.4 is 16.0 Å². The number of carbonyl (C=O) groups excluding carboxylic acids is 1. The molecule has 8 nitrogen and oxygen atoms in total. The van der Waals surface area contributed by atoms with E-state index in [1.165, 1.54) is 6.07 Å². The highest BCUT2D eigenvalue weighted by Gasteiger charge is 2.24. The van der Waals surface area contributed by atoms with Crippen LogP contribution in [0.2, 0.25) is 0 Å². The Kier molecular flexibility index (Phi) is 10.2. The summed E-state index contributed by atoms with van der Waals surface area (Å²) in [4.78, 5) is 16.5. The first-order valence-electron chi connectivity index (χ1n) is 9.51. The van der Waals surface area contributed by atoms with E-state index in [-0.39, 0.29) is 42.0 Å². The minimum absolute atomic E-state index is 0. The van der Waals surface area contributed by atoms with Crippen LogP contribution in [-0.2, 0) is 12.6 Å². The van der Waals surface area contributed by atoms with E-state index in [1.807, 2.05) is 6.92 Å². The van der Waals surface area contributed by atoms with Gasteiger partial charge in [0.2, 0.25) is 0 Å². The molecule has 1 atom stereocenters. The molecule has 0 saturated heterocycles. The minimum Gasteiger partial charge on any atom is -0.383 e. The summed E-state index contributed by atoms with van der Waals surface area (Å²) in [5.41, 5.74) is 0.302. The molecule has 0 fully saturated rings. The number of guanidine groups is 1. The zero-order valence-electron chi connectivity index (χ0n) is 17.7. The topological polar surface area (TPSA) is 104 Å². The van der Waals surface area contributed by atoms with Gasteiger partial charge in [-0.15, -0.1) is 24.0 Å². The Morgan fingerprint density at radius 2 is 2.00 bits per heavy atom. The van der Waals surface area contributed by atoms with Crippen molar-refractivity contribution < 1.29 is 14.3 Å². The predicted molar refractivity (Wildman–Crippen MR) is 126 cm³/mol. The quantitative estimate of drug-likeness (QED) is 0.179. The molecule has 1 amide bonds. The molecule has 1 heterocycles. The summed E-state index contributed by atoms with van der Waals surface area (Å²) in [5, 5.41) is 23.6. The second kappa shape index (κ2) is 11.8. The van der Waals surface area contributed by atoms with E-state index >= 15 is 0 Å². The number of carbonyl (C=O) groups is 1. The molecule has 0 radical (unpaired) electrons. The van der Waals surface area contributed by atoms with Crippen molar-refractivity contribution in [1.29, 1.82) is 0 Å². The van der Waals surface area contributed by atoms with Crippen LogP contribution in [0.1, 0.15) is 35.3 Å². The Labute approximate surface area is 193 Å². The number of aliphatic hydroxyl groups is 1. The number of amides is 1. The number of rotatable bonds is 8. The van der Waals surface area contributed by atoms with Gasteiger partial charge >= 0.3 is 0 Å². The van der Waals surface area contributed by atoms with Gasteiger partial charge in [-0.05, 0) is 38.5 Å². The van der Waals surface area contributed by atoms with Crippen LogP contribution in [-0.4, -0.2) is 52.9 Å². The maximum absolute atomic E-state index is 13.6. The van der Waals surface area contributed by atoms with Gasteiger partial charge in [-0.1, -0.05) is 6.07 Å². The van der Waals surface area contributed by atoms with Crippen LogP contribution in [0, 0.1) is 12.7 Å². The van der Waals surface area contributed by atoms with Gasteiger partial charge in [-0.2, -0.15) is 5.10 Å². The number of hydrogen-bond acceptors (Lipinski definition) is 4. The molecule has 0 aliphatic rings. The molecule has 0 saturated carbocycles. The zero-order valence-corrected chi connectivity index (χ0v) is 20.0. The molecular weight excluding hydrogens is 502 g/mol. The van der Waals surface area contributed by atoms with E-state index in [0.717, 1.165) is 0 Å². The number of aromatic nitrogens is 2. The molecule has 166 valence electrons. The van der Waals surface area contributed by atoms with Crippen LogP contribution in [0.5, 0.6) is 0 Å². The number of aryl methyl sites for hydroxylation is 2. The van der Waals surface area contributed by atoms with Crippen LogP contribution in [0.15, 0.2) is 35.6 Å². The average Bonchev–Trinajstić information content (AvgIpc) is 3.12. The van der Waals surface area contributed by atoms with Gasteiger partial charge in [0, 0.05) is 44.0 Å². The van der Waals surface area contributed by atoms with Crippen molar-refractivity contribution >= 4 is 35.8 Å². The standard InChI is InChI=1S/C20H29FN6O2.HI/c1-5-22-19(25-13-20(3,29)16-11-26-27(4)12-16)24-9-8-23-18(28)15-7-6-14(2)17(21)10-15;/h6-7,10-12,29H,5,8-9,13H2,1-4H3,(H,23,28)(H2,22,24,25);1H. The second-order valence-electron chi connectivity index (χ2n) is 7.02. The minimum atomic E-state index is -1.15. The van der Waals surface area contributed by atoms with Gasteiger partial charge < -0.3 is 21.1 Å². The van der Waals surface area contributed by atoms with Crippen LogP contribution in [0.4, 0.5) is 4.39 Å². The molecule has 4 N–H and O–H groups in total. The lowest BCUT2D eigenvalue weighted by Gasteiger charge is -2.20. The first kappa shape index (κ1) is 25.8. The number of hydrogen-bond donors (Lipinski definition) is 4. The number of nitrogens with zero attached hydrogens (tertiary/aromatic N) is 3. The molecule has 10 heteroatoms. The smallest absolute Gasteiger partial charge is 0.251 e. The molecular formula is C20H30FIN6O2. The summed E-state index contributed by atoms with van der Waals surface area (Å²) in [6.07, 6.45) is 3.36. The van der Waals surface area contributed by atoms with E-state index < -0.39 is 11.4 Å². The highest BCUT2D eigenvalue weighted by Crippen LogP contribution is 2.19. The molecule has 2 rings (SSSR count). The summed E-state index contributed by atoms with van der Waals surface area (Å²) >= 11 is 0.